The van der Waals surface area contributed by atoms with Crippen LogP contribution < -0.4 is 5.32 Å². The molecule has 1 aliphatic rings. The average Bonchev–Trinajstić information content (AvgIpc) is 2.93. The first kappa shape index (κ1) is 12.8. The van der Waals surface area contributed by atoms with Crippen LogP contribution in [0.25, 0.3) is 0 Å². The fraction of sp³-hybridized carbons (Fsp3) is 0.400. The molecule has 96 valence electrons. The van der Waals surface area contributed by atoms with Gasteiger partial charge in [-0.2, -0.15) is 0 Å². The number of carbonyl (C=O) groups is 1. The van der Waals surface area contributed by atoms with Crippen molar-refractivity contribution in [3.63, 3.8) is 0 Å². The van der Waals surface area contributed by atoms with Gasteiger partial charge in [-0.1, -0.05) is 36.4 Å². The molecular weight excluding hydrogens is 226 g/mol. The van der Waals surface area contributed by atoms with E-state index in [-0.39, 0.29) is 18.6 Å². The maximum Gasteiger partial charge on any atom is 0.247 e. The summed E-state index contributed by atoms with van der Waals surface area (Å²) in [5, 5.41) is 12.1. The first-order valence-corrected chi connectivity index (χ1v) is 6.47. The molecule has 3 nitrogen and oxygen atoms in total. The van der Waals surface area contributed by atoms with Crippen molar-refractivity contribution in [3.8, 4) is 0 Å². The predicted octanol–water partition coefficient (Wildman–Crippen LogP) is 2.34. The van der Waals surface area contributed by atoms with E-state index in [1.165, 1.54) is 0 Å². The number of rotatable bonds is 5. The zero-order valence-electron chi connectivity index (χ0n) is 10.4. The molecular formula is C15H19NO2. The molecule has 1 aliphatic carbocycles. The summed E-state index contributed by atoms with van der Waals surface area (Å²) >= 11 is 0. The number of carbonyl (C=O) groups excluding carboxylic acids is 1. The molecule has 3 heteroatoms. The van der Waals surface area contributed by atoms with Crippen LogP contribution in [0.5, 0.6) is 0 Å². The van der Waals surface area contributed by atoms with Crippen LogP contribution in [-0.4, -0.2) is 17.6 Å². The normalized spacial score (nSPS) is 16.2. The van der Waals surface area contributed by atoms with Gasteiger partial charge in [-0.3, -0.25) is 4.79 Å². The average molecular weight is 245 g/mol. The van der Waals surface area contributed by atoms with Crippen molar-refractivity contribution in [1.29, 1.82) is 0 Å². The van der Waals surface area contributed by atoms with Gasteiger partial charge in [0.25, 0.3) is 0 Å². The summed E-state index contributed by atoms with van der Waals surface area (Å²) in [6, 6.07) is 9.68. The zero-order valence-corrected chi connectivity index (χ0v) is 10.4. The summed E-state index contributed by atoms with van der Waals surface area (Å²) in [7, 11) is 0. The lowest BCUT2D eigenvalue weighted by atomic mass is 10.0. The van der Waals surface area contributed by atoms with Gasteiger partial charge < -0.3 is 10.4 Å². The molecule has 1 unspecified atom stereocenters. The Hall–Kier alpha value is -1.61. The minimum atomic E-state index is -0.106. The van der Waals surface area contributed by atoms with Crippen LogP contribution in [0.3, 0.4) is 0 Å². The van der Waals surface area contributed by atoms with Crippen LogP contribution in [0.1, 0.15) is 37.3 Å². The second kappa shape index (κ2) is 6.36. The summed E-state index contributed by atoms with van der Waals surface area (Å²) in [6.45, 7) is 0.0683. The maximum absolute atomic E-state index is 12.0. The van der Waals surface area contributed by atoms with Gasteiger partial charge in [0.2, 0.25) is 5.91 Å². The van der Waals surface area contributed by atoms with Crippen LogP contribution in [0.15, 0.2) is 42.0 Å². The smallest absolute Gasteiger partial charge is 0.247 e. The molecule has 0 bridgehead atoms. The molecule has 0 spiro atoms. The van der Waals surface area contributed by atoms with Crippen molar-refractivity contribution >= 4 is 5.91 Å². The summed E-state index contributed by atoms with van der Waals surface area (Å²) in [6.07, 6.45) is 5.49. The van der Waals surface area contributed by atoms with Gasteiger partial charge in [-0.15, -0.1) is 0 Å². The molecule has 0 fully saturated rings. The lowest BCUT2D eigenvalue weighted by Crippen LogP contribution is -2.30. The molecule has 1 aromatic carbocycles. The summed E-state index contributed by atoms with van der Waals surface area (Å²) in [5.41, 5.74) is 1.92. The van der Waals surface area contributed by atoms with Crippen LogP contribution in [0.2, 0.25) is 0 Å². The van der Waals surface area contributed by atoms with E-state index < -0.39 is 0 Å². The minimum Gasteiger partial charge on any atom is -0.396 e. The Morgan fingerprint density at radius 2 is 2.11 bits per heavy atom. The number of aliphatic hydroxyl groups excluding tert-OH is 1. The molecule has 2 N–H and O–H groups in total. The Kier molecular flexibility index (Phi) is 4.53. The van der Waals surface area contributed by atoms with Gasteiger partial charge >= 0.3 is 0 Å². The second-order valence-corrected chi connectivity index (χ2v) is 4.57. The van der Waals surface area contributed by atoms with E-state index >= 15 is 0 Å². The van der Waals surface area contributed by atoms with E-state index in [2.05, 4.69) is 5.32 Å². The second-order valence-electron chi connectivity index (χ2n) is 4.57. The van der Waals surface area contributed by atoms with Crippen molar-refractivity contribution in [2.75, 3.05) is 6.61 Å². The molecule has 1 atom stereocenters. The van der Waals surface area contributed by atoms with Crippen molar-refractivity contribution < 1.29 is 9.90 Å². The van der Waals surface area contributed by atoms with Gasteiger partial charge in [0.05, 0.1) is 6.04 Å². The summed E-state index contributed by atoms with van der Waals surface area (Å²) in [5.74, 6) is 0.00908. The number of hydrogen-bond donors (Lipinski definition) is 2. The standard InChI is InChI=1S/C15H19NO2/c17-11-10-14(12-6-2-1-3-7-12)16-15(18)13-8-4-5-9-13/h1-3,6-8,14,17H,4-5,9-11H2,(H,16,18). The van der Waals surface area contributed by atoms with E-state index in [0.29, 0.717) is 6.42 Å². The topological polar surface area (TPSA) is 49.3 Å². The Morgan fingerprint density at radius 1 is 1.33 bits per heavy atom. The molecule has 0 heterocycles. The first-order valence-electron chi connectivity index (χ1n) is 6.47. The zero-order chi connectivity index (χ0) is 12.8. The SMILES string of the molecule is O=C(NC(CCO)c1ccccc1)C1=CCCC1. The largest absolute Gasteiger partial charge is 0.396 e. The first-order chi connectivity index (χ1) is 8.81. The fourth-order valence-electron chi connectivity index (χ4n) is 2.26. The number of hydrogen-bond acceptors (Lipinski definition) is 2. The lowest BCUT2D eigenvalue weighted by molar-refractivity contribution is -0.118. The summed E-state index contributed by atoms with van der Waals surface area (Å²) < 4.78 is 0. The van der Waals surface area contributed by atoms with Crippen LogP contribution in [-0.2, 0) is 4.79 Å². The van der Waals surface area contributed by atoms with E-state index in [1.54, 1.807) is 0 Å². The fourth-order valence-corrected chi connectivity index (χ4v) is 2.26. The molecule has 0 saturated carbocycles. The minimum absolute atomic E-state index is 0.00908. The third-order valence-electron chi connectivity index (χ3n) is 3.26. The third-order valence-corrected chi connectivity index (χ3v) is 3.26. The van der Waals surface area contributed by atoms with Gasteiger partial charge in [-0.25, -0.2) is 0 Å². The van der Waals surface area contributed by atoms with Crippen molar-refractivity contribution in [3.05, 3.63) is 47.5 Å². The molecule has 1 aromatic rings. The summed E-state index contributed by atoms with van der Waals surface area (Å²) in [4.78, 5) is 12.0. The third kappa shape index (κ3) is 3.20. The highest BCUT2D eigenvalue weighted by Gasteiger charge is 2.18. The molecule has 2 rings (SSSR count). The van der Waals surface area contributed by atoms with E-state index in [0.717, 1.165) is 30.4 Å². The monoisotopic (exact) mass is 245 g/mol. The number of allylic oxidation sites excluding steroid dienone is 1. The van der Waals surface area contributed by atoms with Crippen LogP contribution in [0.4, 0.5) is 0 Å². The molecule has 0 saturated heterocycles. The molecule has 0 radical (unpaired) electrons. The van der Waals surface area contributed by atoms with Gasteiger partial charge in [0, 0.05) is 12.2 Å². The Labute approximate surface area is 108 Å². The highest BCUT2D eigenvalue weighted by atomic mass is 16.3. The highest BCUT2D eigenvalue weighted by molar-refractivity contribution is 5.94. The van der Waals surface area contributed by atoms with Crippen LogP contribution in [0, 0.1) is 0 Å². The Morgan fingerprint density at radius 3 is 2.72 bits per heavy atom. The van der Waals surface area contributed by atoms with E-state index in [4.69, 9.17) is 5.11 Å². The maximum atomic E-state index is 12.0. The van der Waals surface area contributed by atoms with Crippen molar-refractivity contribution in [1.82, 2.24) is 5.32 Å². The number of benzene rings is 1. The number of amides is 1. The van der Waals surface area contributed by atoms with E-state index in [1.807, 2.05) is 36.4 Å². The molecule has 0 aliphatic heterocycles. The molecule has 18 heavy (non-hydrogen) atoms. The van der Waals surface area contributed by atoms with Crippen molar-refractivity contribution in [2.45, 2.75) is 31.7 Å². The van der Waals surface area contributed by atoms with Gasteiger partial charge in [-0.05, 0) is 31.2 Å². The highest BCUT2D eigenvalue weighted by Crippen LogP contribution is 2.21. The van der Waals surface area contributed by atoms with Gasteiger partial charge in [0.15, 0.2) is 0 Å². The van der Waals surface area contributed by atoms with E-state index in [9.17, 15) is 4.79 Å². The lowest BCUT2D eigenvalue weighted by Gasteiger charge is -2.18. The van der Waals surface area contributed by atoms with Gasteiger partial charge in [0.1, 0.15) is 0 Å². The van der Waals surface area contributed by atoms with Crippen molar-refractivity contribution in [2.24, 2.45) is 0 Å². The quantitative estimate of drug-likeness (QED) is 0.836. The molecule has 0 aromatic heterocycles. The van der Waals surface area contributed by atoms with Crippen LogP contribution >= 0.6 is 0 Å². The predicted molar refractivity (Wildman–Crippen MR) is 71.0 cm³/mol. The molecule has 1 amide bonds. The Bertz CT molecular complexity index is 425. The Balaban J connectivity index is 2.04. The number of nitrogens with one attached hydrogen (secondary N) is 1. The number of aliphatic hydroxyl groups is 1.